The molecule has 1 saturated heterocycles. The van der Waals surface area contributed by atoms with Crippen LogP contribution in [0.25, 0.3) is 11.0 Å². The fourth-order valence-electron chi connectivity index (χ4n) is 6.10. The van der Waals surface area contributed by atoms with Crippen LogP contribution >= 0.6 is 0 Å². The maximum atomic E-state index is 15.8. The number of oxime groups is 1. The average Bonchev–Trinajstić information content (AvgIpc) is 3.92. The number of aromatic nitrogens is 2. The normalized spacial score (nSPS) is 16.6. The second-order valence-corrected chi connectivity index (χ2v) is 12.6. The summed E-state index contributed by atoms with van der Waals surface area (Å²) in [4.78, 5) is 41.7. The van der Waals surface area contributed by atoms with Crippen molar-refractivity contribution in [1.29, 1.82) is 0 Å². The van der Waals surface area contributed by atoms with E-state index in [1.807, 2.05) is 78.9 Å². The zero-order valence-electron chi connectivity index (χ0n) is 27.9. The van der Waals surface area contributed by atoms with E-state index in [2.05, 4.69) is 15.1 Å². The van der Waals surface area contributed by atoms with Gasteiger partial charge in [0.15, 0.2) is 23.1 Å². The molecule has 3 aromatic carbocycles. The molecule has 1 atom stereocenters. The minimum Gasteiger partial charge on any atom is -0.493 e. The van der Waals surface area contributed by atoms with Crippen molar-refractivity contribution in [3.63, 3.8) is 0 Å². The first-order valence-electron chi connectivity index (χ1n) is 16.7. The quantitative estimate of drug-likeness (QED) is 0.113. The first-order valence-corrected chi connectivity index (χ1v) is 16.7. The van der Waals surface area contributed by atoms with Crippen LogP contribution in [0.5, 0.6) is 11.5 Å². The van der Waals surface area contributed by atoms with Gasteiger partial charge >= 0.3 is 5.97 Å². The lowest BCUT2D eigenvalue weighted by Crippen LogP contribution is -2.25. The molecule has 0 bridgehead atoms. The van der Waals surface area contributed by atoms with E-state index >= 15 is 4.39 Å². The van der Waals surface area contributed by atoms with Crippen LogP contribution in [-0.2, 0) is 18.1 Å². The van der Waals surface area contributed by atoms with Gasteiger partial charge in [-0.25, -0.2) is 14.2 Å². The number of carboxylic acid groups (broad SMARTS) is 1. The number of methoxy groups -OCH3 is 1. The molecule has 260 valence electrons. The molecule has 2 fully saturated rings. The number of ether oxygens (including phenoxy) is 2. The number of carboxylic acids is 1. The summed E-state index contributed by atoms with van der Waals surface area (Å²) in [5, 5.41) is 14.1. The Morgan fingerprint density at radius 2 is 1.76 bits per heavy atom. The molecule has 1 aliphatic heterocycles. The summed E-state index contributed by atoms with van der Waals surface area (Å²) >= 11 is 0. The first-order chi connectivity index (χ1) is 24.9. The monoisotopic (exact) mass is 689 g/mol. The molecule has 0 radical (unpaired) electrons. The fraction of sp³-hybridized carbons (Fsp3) is 0.256. The Labute approximate surface area is 293 Å². The van der Waals surface area contributed by atoms with E-state index in [0.717, 1.165) is 35.6 Å². The van der Waals surface area contributed by atoms with Crippen LogP contribution in [0.4, 0.5) is 10.2 Å². The number of anilines is 1. The summed E-state index contributed by atoms with van der Waals surface area (Å²) in [5.74, 6) is -1.07. The molecular formula is C39H36FN5O6. The standard InChI is InChI=1S/C39H36FN5O6/c1-49-35-16-27(12-15-34(35)50-23-26-10-6-3-7-11-26)24-51-43-33-22-44(20-28(33)19-41-18-25-8-4-2-5-9-25)38-32(40)17-30-36(46)31(39(47)48)21-45(29-13-14-29)37(30)42-38/h2-12,15-18,21,28-29H,13-14,19-20,22-24H2,1H3,(H,47,48)/b41-18?,43-33+. The Kier molecular flexibility index (Phi) is 9.73. The first kappa shape index (κ1) is 33.5. The second-order valence-electron chi connectivity index (χ2n) is 12.6. The number of benzene rings is 3. The summed E-state index contributed by atoms with van der Waals surface area (Å²) in [6, 6.07) is 26.2. The van der Waals surface area contributed by atoms with Crippen LogP contribution in [0.3, 0.4) is 0 Å². The van der Waals surface area contributed by atoms with Crippen molar-refractivity contribution < 1.29 is 28.6 Å². The summed E-state index contributed by atoms with van der Waals surface area (Å²) in [7, 11) is 1.58. The summed E-state index contributed by atoms with van der Waals surface area (Å²) in [5.41, 5.74) is 2.57. The molecule has 51 heavy (non-hydrogen) atoms. The Hall–Kier alpha value is -6.04. The van der Waals surface area contributed by atoms with E-state index < -0.39 is 22.8 Å². The van der Waals surface area contributed by atoms with Gasteiger partial charge in [-0.1, -0.05) is 71.9 Å². The summed E-state index contributed by atoms with van der Waals surface area (Å²) < 4.78 is 29.0. The predicted molar refractivity (Wildman–Crippen MR) is 192 cm³/mol. The third-order valence-corrected chi connectivity index (χ3v) is 8.92. The maximum Gasteiger partial charge on any atom is 0.341 e. The molecule has 3 heterocycles. The van der Waals surface area contributed by atoms with Gasteiger partial charge in [0.1, 0.15) is 24.4 Å². The molecule has 1 saturated carbocycles. The summed E-state index contributed by atoms with van der Waals surface area (Å²) in [6.07, 6.45) is 4.75. The molecule has 2 aliphatic rings. The van der Waals surface area contributed by atoms with Gasteiger partial charge in [0, 0.05) is 37.5 Å². The molecule has 12 heteroatoms. The highest BCUT2D eigenvalue weighted by Gasteiger charge is 2.34. The molecule has 1 aliphatic carbocycles. The van der Waals surface area contributed by atoms with Gasteiger partial charge in [0.2, 0.25) is 5.43 Å². The van der Waals surface area contributed by atoms with Crippen LogP contribution in [0.15, 0.2) is 106 Å². The minimum absolute atomic E-state index is 0.00398. The van der Waals surface area contributed by atoms with Crippen molar-refractivity contribution >= 4 is 34.7 Å². The molecule has 2 aromatic heterocycles. The van der Waals surface area contributed by atoms with Gasteiger partial charge in [-0.05, 0) is 47.7 Å². The van der Waals surface area contributed by atoms with Crippen LogP contribution in [0.1, 0.15) is 45.9 Å². The molecule has 1 unspecified atom stereocenters. The van der Waals surface area contributed by atoms with Crippen molar-refractivity contribution in [2.75, 3.05) is 31.6 Å². The molecular weight excluding hydrogens is 653 g/mol. The van der Waals surface area contributed by atoms with E-state index in [0.29, 0.717) is 36.9 Å². The van der Waals surface area contributed by atoms with E-state index in [4.69, 9.17) is 14.3 Å². The van der Waals surface area contributed by atoms with Crippen LogP contribution in [0, 0.1) is 11.7 Å². The zero-order chi connectivity index (χ0) is 35.3. The number of nitrogens with zero attached hydrogens (tertiary/aromatic N) is 5. The number of hydrogen-bond donors (Lipinski definition) is 1. The Morgan fingerprint density at radius 3 is 2.49 bits per heavy atom. The van der Waals surface area contributed by atoms with Crippen molar-refractivity contribution in [3.8, 4) is 11.5 Å². The Morgan fingerprint density at radius 1 is 1.00 bits per heavy atom. The third-order valence-electron chi connectivity index (χ3n) is 8.92. The Balaban J connectivity index is 1.12. The fourth-order valence-corrected chi connectivity index (χ4v) is 6.10. The van der Waals surface area contributed by atoms with E-state index in [1.165, 1.54) is 6.20 Å². The largest absolute Gasteiger partial charge is 0.493 e. The minimum atomic E-state index is -1.36. The number of carbonyl (C=O) groups is 1. The molecule has 7 rings (SSSR count). The van der Waals surface area contributed by atoms with Crippen molar-refractivity contribution in [1.82, 2.24) is 9.55 Å². The highest BCUT2D eigenvalue weighted by atomic mass is 19.1. The van der Waals surface area contributed by atoms with Crippen LogP contribution in [0.2, 0.25) is 0 Å². The van der Waals surface area contributed by atoms with Gasteiger partial charge < -0.3 is 28.9 Å². The SMILES string of the molecule is COc1cc(CO/N=C2\CN(c3nc4c(cc3F)c(=O)c(C(=O)O)cn4C3CC3)CC2CN=Cc2ccccc2)ccc1OCc1ccccc1. The molecule has 1 N–H and O–H groups in total. The summed E-state index contributed by atoms with van der Waals surface area (Å²) in [6.45, 7) is 1.50. The number of pyridine rings is 2. The number of halogens is 1. The topological polar surface area (TPSA) is 128 Å². The van der Waals surface area contributed by atoms with E-state index in [1.54, 1.807) is 22.8 Å². The van der Waals surface area contributed by atoms with Crippen molar-refractivity contribution in [2.24, 2.45) is 16.1 Å². The molecule has 0 amide bonds. The predicted octanol–water partition coefficient (Wildman–Crippen LogP) is 6.28. The van der Waals surface area contributed by atoms with Gasteiger partial charge in [-0.3, -0.25) is 9.79 Å². The lowest BCUT2D eigenvalue weighted by atomic mass is 10.1. The van der Waals surface area contributed by atoms with E-state index in [9.17, 15) is 14.7 Å². The number of aromatic carboxylic acids is 1. The number of rotatable bonds is 13. The van der Waals surface area contributed by atoms with Crippen molar-refractivity contribution in [3.05, 3.63) is 129 Å². The van der Waals surface area contributed by atoms with Gasteiger partial charge in [-0.2, -0.15) is 0 Å². The van der Waals surface area contributed by atoms with Crippen molar-refractivity contribution in [2.45, 2.75) is 32.1 Å². The number of hydrogen-bond acceptors (Lipinski definition) is 9. The smallest absolute Gasteiger partial charge is 0.341 e. The Bertz CT molecular complexity index is 2170. The van der Waals surface area contributed by atoms with Gasteiger partial charge in [0.05, 0.1) is 24.8 Å². The lowest BCUT2D eigenvalue weighted by molar-refractivity contribution is 0.0694. The van der Waals surface area contributed by atoms with Crippen LogP contribution < -0.4 is 19.8 Å². The molecule has 0 spiro atoms. The number of aliphatic imine (C=N–C) groups is 1. The van der Waals surface area contributed by atoms with Gasteiger partial charge in [-0.15, -0.1) is 0 Å². The van der Waals surface area contributed by atoms with Crippen LogP contribution in [-0.4, -0.2) is 59.3 Å². The van der Waals surface area contributed by atoms with Gasteiger partial charge in [0.25, 0.3) is 0 Å². The third kappa shape index (κ3) is 7.59. The molecule has 5 aromatic rings. The maximum absolute atomic E-state index is 15.8. The highest BCUT2D eigenvalue weighted by molar-refractivity contribution is 5.95. The molecule has 11 nitrogen and oxygen atoms in total. The number of fused-ring (bicyclic) bond motifs is 1. The lowest BCUT2D eigenvalue weighted by Gasteiger charge is -2.19. The zero-order valence-corrected chi connectivity index (χ0v) is 27.9. The second kappa shape index (κ2) is 14.8. The average molecular weight is 690 g/mol. The van der Waals surface area contributed by atoms with E-state index in [-0.39, 0.29) is 42.0 Å². The highest BCUT2D eigenvalue weighted by Crippen LogP contribution is 2.37.